The number of morpholine rings is 1. The molecule has 1 aliphatic rings. The van der Waals surface area contributed by atoms with Crippen LogP contribution in [0.1, 0.15) is 18.6 Å². The predicted molar refractivity (Wildman–Crippen MR) is 71.1 cm³/mol. The Balaban J connectivity index is 2.24. The van der Waals surface area contributed by atoms with Crippen LogP contribution in [0.3, 0.4) is 0 Å². The first-order chi connectivity index (χ1) is 8.63. The summed E-state index contributed by atoms with van der Waals surface area (Å²) in [7, 11) is 0. The molecule has 18 heavy (non-hydrogen) atoms. The second kappa shape index (κ2) is 5.89. The van der Waals surface area contributed by atoms with Crippen molar-refractivity contribution >= 4 is 17.3 Å². The van der Waals surface area contributed by atoms with Gasteiger partial charge in [0.15, 0.2) is 0 Å². The minimum Gasteiger partial charge on any atom is -0.394 e. The molecule has 2 N–H and O–H groups in total. The number of nitrogens with zero attached hydrogens (tertiary/aromatic N) is 1. The lowest BCUT2D eigenvalue weighted by Crippen LogP contribution is -2.47. The first-order valence-corrected chi connectivity index (χ1v) is 6.44. The van der Waals surface area contributed by atoms with Gasteiger partial charge in [0, 0.05) is 17.3 Å². The number of halogens is 1. The summed E-state index contributed by atoms with van der Waals surface area (Å²) in [6.45, 7) is 3.63. The topological polar surface area (TPSA) is 52.9 Å². The highest BCUT2D eigenvalue weighted by Gasteiger charge is 2.23. The Morgan fingerprint density at radius 2 is 2.33 bits per heavy atom. The van der Waals surface area contributed by atoms with E-state index in [1.165, 1.54) is 0 Å². The van der Waals surface area contributed by atoms with Crippen LogP contribution in [0.25, 0.3) is 0 Å². The SMILES string of the molecule is CC(O)c1ccc(N2CCOCC2CO)cc1Cl. The monoisotopic (exact) mass is 271 g/mol. The fraction of sp³-hybridized carbons (Fsp3) is 0.538. The van der Waals surface area contributed by atoms with Gasteiger partial charge in [-0.2, -0.15) is 0 Å². The van der Waals surface area contributed by atoms with Crippen molar-refractivity contribution < 1.29 is 14.9 Å². The highest BCUT2D eigenvalue weighted by Crippen LogP contribution is 2.29. The van der Waals surface area contributed by atoms with Crippen LogP contribution in [0, 0.1) is 0 Å². The van der Waals surface area contributed by atoms with Gasteiger partial charge in [0.2, 0.25) is 0 Å². The van der Waals surface area contributed by atoms with E-state index < -0.39 is 6.10 Å². The molecule has 2 rings (SSSR count). The molecule has 2 atom stereocenters. The molecule has 0 aliphatic carbocycles. The number of ether oxygens (including phenoxy) is 1. The van der Waals surface area contributed by atoms with E-state index >= 15 is 0 Å². The maximum absolute atomic E-state index is 9.55. The summed E-state index contributed by atoms with van der Waals surface area (Å²) in [4.78, 5) is 2.08. The Hall–Kier alpha value is -0.810. The fourth-order valence-electron chi connectivity index (χ4n) is 2.18. The van der Waals surface area contributed by atoms with E-state index in [0.29, 0.717) is 23.8 Å². The van der Waals surface area contributed by atoms with Crippen molar-refractivity contribution in [2.75, 3.05) is 31.3 Å². The lowest BCUT2D eigenvalue weighted by Gasteiger charge is -2.36. The van der Waals surface area contributed by atoms with Gasteiger partial charge in [-0.25, -0.2) is 0 Å². The van der Waals surface area contributed by atoms with Gasteiger partial charge < -0.3 is 19.8 Å². The molecule has 0 amide bonds. The second-order valence-corrected chi connectivity index (χ2v) is 4.89. The lowest BCUT2D eigenvalue weighted by atomic mass is 10.1. The first-order valence-electron chi connectivity index (χ1n) is 6.06. The zero-order valence-corrected chi connectivity index (χ0v) is 11.1. The summed E-state index contributed by atoms with van der Waals surface area (Å²) in [5, 5.41) is 19.4. The second-order valence-electron chi connectivity index (χ2n) is 4.49. The van der Waals surface area contributed by atoms with E-state index in [2.05, 4.69) is 4.90 Å². The molecule has 5 heteroatoms. The molecule has 0 spiro atoms. The van der Waals surface area contributed by atoms with Gasteiger partial charge in [0.05, 0.1) is 32.0 Å². The van der Waals surface area contributed by atoms with Crippen molar-refractivity contribution in [2.24, 2.45) is 0 Å². The zero-order valence-electron chi connectivity index (χ0n) is 10.3. The van der Waals surface area contributed by atoms with Crippen LogP contribution < -0.4 is 4.90 Å². The molecular weight excluding hydrogens is 254 g/mol. The van der Waals surface area contributed by atoms with Gasteiger partial charge in [-0.3, -0.25) is 0 Å². The average Bonchev–Trinajstić information content (AvgIpc) is 2.38. The summed E-state index contributed by atoms with van der Waals surface area (Å²) in [6, 6.07) is 5.54. The van der Waals surface area contributed by atoms with Crippen LogP contribution in [-0.4, -0.2) is 42.6 Å². The number of benzene rings is 1. The molecule has 1 fully saturated rings. The van der Waals surface area contributed by atoms with Crippen molar-refractivity contribution in [1.29, 1.82) is 0 Å². The van der Waals surface area contributed by atoms with Gasteiger partial charge in [-0.05, 0) is 24.6 Å². The minimum atomic E-state index is -0.579. The molecule has 0 bridgehead atoms. The normalized spacial score (nSPS) is 22.0. The molecule has 1 heterocycles. The molecule has 1 aliphatic heterocycles. The average molecular weight is 272 g/mol. The Labute approximate surface area is 112 Å². The lowest BCUT2D eigenvalue weighted by molar-refractivity contribution is 0.0727. The minimum absolute atomic E-state index is 0.0350. The molecule has 1 saturated heterocycles. The number of hydrogen-bond acceptors (Lipinski definition) is 4. The molecule has 100 valence electrons. The zero-order chi connectivity index (χ0) is 13.1. The highest BCUT2D eigenvalue weighted by atomic mass is 35.5. The number of anilines is 1. The molecule has 1 aromatic rings. The third-order valence-electron chi connectivity index (χ3n) is 3.20. The van der Waals surface area contributed by atoms with E-state index in [-0.39, 0.29) is 12.6 Å². The Kier molecular flexibility index (Phi) is 4.45. The summed E-state index contributed by atoms with van der Waals surface area (Å²) < 4.78 is 5.34. The van der Waals surface area contributed by atoms with Crippen molar-refractivity contribution in [3.05, 3.63) is 28.8 Å². The van der Waals surface area contributed by atoms with Gasteiger partial charge >= 0.3 is 0 Å². The van der Waals surface area contributed by atoms with Gasteiger partial charge in [0.1, 0.15) is 0 Å². The van der Waals surface area contributed by atoms with Crippen LogP contribution in [0.15, 0.2) is 18.2 Å². The van der Waals surface area contributed by atoms with Crippen molar-refractivity contribution in [1.82, 2.24) is 0 Å². The Morgan fingerprint density at radius 1 is 1.56 bits per heavy atom. The van der Waals surface area contributed by atoms with E-state index in [9.17, 15) is 10.2 Å². The van der Waals surface area contributed by atoms with Crippen LogP contribution in [-0.2, 0) is 4.74 Å². The summed E-state index contributed by atoms with van der Waals surface area (Å²) >= 11 is 6.15. The smallest absolute Gasteiger partial charge is 0.0776 e. The molecule has 0 saturated carbocycles. The van der Waals surface area contributed by atoms with Crippen LogP contribution in [0.2, 0.25) is 5.02 Å². The third-order valence-corrected chi connectivity index (χ3v) is 3.53. The molecule has 1 aromatic carbocycles. The van der Waals surface area contributed by atoms with Crippen molar-refractivity contribution in [3.63, 3.8) is 0 Å². The number of rotatable bonds is 3. The summed E-state index contributed by atoms with van der Waals surface area (Å²) in [5.74, 6) is 0. The third kappa shape index (κ3) is 2.78. The Morgan fingerprint density at radius 3 is 2.94 bits per heavy atom. The number of aliphatic hydroxyl groups is 2. The Bertz CT molecular complexity index is 411. The van der Waals surface area contributed by atoms with E-state index in [1.807, 2.05) is 18.2 Å². The van der Waals surface area contributed by atoms with E-state index in [0.717, 1.165) is 12.2 Å². The molecule has 0 radical (unpaired) electrons. The summed E-state index contributed by atoms with van der Waals surface area (Å²) in [5.41, 5.74) is 1.67. The largest absolute Gasteiger partial charge is 0.394 e. The van der Waals surface area contributed by atoms with Crippen LogP contribution in [0.4, 0.5) is 5.69 Å². The molecule has 4 nitrogen and oxygen atoms in total. The standard InChI is InChI=1S/C13H18ClNO3/c1-9(17)12-3-2-10(6-13(12)14)15-4-5-18-8-11(15)7-16/h2-3,6,9,11,16-17H,4-5,7-8H2,1H3. The van der Waals surface area contributed by atoms with Gasteiger partial charge in [-0.1, -0.05) is 17.7 Å². The highest BCUT2D eigenvalue weighted by molar-refractivity contribution is 6.31. The quantitative estimate of drug-likeness (QED) is 0.877. The first kappa shape index (κ1) is 13.6. The molecule has 0 aromatic heterocycles. The number of aliphatic hydroxyl groups excluding tert-OH is 2. The van der Waals surface area contributed by atoms with E-state index in [1.54, 1.807) is 6.92 Å². The van der Waals surface area contributed by atoms with E-state index in [4.69, 9.17) is 16.3 Å². The maximum Gasteiger partial charge on any atom is 0.0776 e. The number of hydrogen-bond donors (Lipinski definition) is 2. The van der Waals surface area contributed by atoms with Crippen molar-refractivity contribution in [2.45, 2.75) is 19.1 Å². The van der Waals surface area contributed by atoms with Crippen molar-refractivity contribution in [3.8, 4) is 0 Å². The predicted octanol–water partition coefficient (Wildman–Crippen LogP) is 1.59. The molecular formula is C13H18ClNO3. The summed E-state index contributed by atoms with van der Waals surface area (Å²) in [6.07, 6.45) is -0.579. The van der Waals surface area contributed by atoms with Gasteiger partial charge in [0.25, 0.3) is 0 Å². The van der Waals surface area contributed by atoms with Gasteiger partial charge in [-0.15, -0.1) is 0 Å². The maximum atomic E-state index is 9.55. The molecule has 2 unspecified atom stereocenters. The van der Waals surface area contributed by atoms with Crippen LogP contribution >= 0.6 is 11.6 Å². The van der Waals surface area contributed by atoms with Crippen LogP contribution in [0.5, 0.6) is 0 Å². The fourth-order valence-corrected chi connectivity index (χ4v) is 2.51.